The standard InChI is InChI=1S/C24H24FN3O3/c25-18-6-3-5-17(15-18)24(12-1-2-13-24)22(29)27-19-8-10-20(11-9-19)28-23(30)26-16-21-7-4-14-31-21/h3-11,14-15H,1-2,12-13,16H2,(H,27,29)(H2,26,28,30). The van der Waals surface area contributed by atoms with Crippen molar-refractivity contribution in [3.8, 4) is 0 Å². The average molecular weight is 421 g/mol. The first-order chi connectivity index (χ1) is 15.0. The van der Waals surface area contributed by atoms with Crippen LogP contribution in [0.25, 0.3) is 0 Å². The van der Waals surface area contributed by atoms with Crippen LogP contribution in [0.4, 0.5) is 20.6 Å². The molecule has 1 aliphatic rings. The first-order valence-electron chi connectivity index (χ1n) is 10.3. The Bertz CT molecular complexity index is 1040. The second-order valence-electron chi connectivity index (χ2n) is 7.72. The maximum absolute atomic E-state index is 13.8. The van der Waals surface area contributed by atoms with Gasteiger partial charge in [-0.15, -0.1) is 0 Å². The fourth-order valence-electron chi connectivity index (χ4n) is 4.06. The zero-order valence-corrected chi connectivity index (χ0v) is 17.0. The van der Waals surface area contributed by atoms with Crippen molar-refractivity contribution in [1.82, 2.24) is 5.32 Å². The molecule has 0 aliphatic heterocycles. The van der Waals surface area contributed by atoms with E-state index in [0.29, 0.717) is 35.5 Å². The van der Waals surface area contributed by atoms with Crippen molar-refractivity contribution in [1.29, 1.82) is 0 Å². The van der Waals surface area contributed by atoms with E-state index in [1.165, 1.54) is 12.1 Å². The molecule has 160 valence electrons. The van der Waals surface area contributed by atoms with E-state index in [2.05, 4.69) is 16.0 Å². The maximum Gasteiger partial charge on any atom is 0.319 e. The molecule has 7 heteroatoms. The zero-order valence-electron chi connectivity index (χ0n) is 17.0. The van der Waals surface area contributed by atoms with Crippen LogP contribution >= 0.6 is 0 Å². The van der Waals surface area contributed by atoms with Crippen molar-refractivity contribution < 1.29 is 18.4 Å². The highest BCUT2D eigenvalue weighted by Crippen LogP contribution is 2.42. The molecule has 3 amide bonds. The van der Waals surface area contributed by atoms with E-state index in [0.717, 1.165) is 12.8 Å². The number of carbonyl (C=O) groups excluding carboxylic acids is 2. The lowest BCUT2D eigenvalue weighted by molar-refractivity contribution is -0.121. The minimum Gasteiger partial charge on any atom is -0.467 e. The highest BCUT2D eigenvalue weighted by molar-refractivity contribution is 5.99. The highest BCUT2D eigenvalue weighted by atomic mass is 19.1. The fraction of sp³-hybridized carbons (Fsp3) is 0.250. The largest absolute Gasteiger partial charge is 0.467 e. The van der Waals surface area contributed by atoms with E-state index in [4.69, 9.17) is 4.42 Å². The molecule has 3 aromatic rings. The van der Waals surface area contributed by atoms with Crippen molar-refractivity contribution in [2.45, 2.75) is 37.6 Å². The normalized spacial score (nSPS) is 14.7. The number of urea groups is 1. The van der Waals surface area contributed by atoms with Crippen LogP contribution in [0.15, 0.2) is 71.3 Å². The first kappa shape index (κ1) is 20.7. The van der Waals surface area contributed by atoms with Gasteiger partial charge in [-0.2, -0.15) is 0 Å². The van der Waals surface area contributed by atoms with Gasteiger partial charge in [0.2, 0.25) is 5.91 Å². The fourth-order valence-corrected chi connectivity index (χ4v) is 4.06. The van der Waals surface area contributed by atoms with Crippen LogP contribution in [0, 0.1) is 5.82 Å². The Labute approximate surface area is 179 Å². The molecule has 0 atom stereocenters. The number of carbonyl (C=O) groups is 2. The summed E-state index contributed by atoms with van der Waals surface area (Å²) in [4.78, 5) is 25.2. The van der Waals surface area contributed by atoms with Crippen LogP contribution in [0.1, 0.15) is 37.0 Å². The number of halogens is 1. The van der Waals surface area contributed by atoms with Crippen LogP contribution in [0.5, 0.6) is 0 Å². The minimum absolute atomic E-state index is 0.132. The predicted octanol–water partition coefficient (Wildman–Crippen LogP) is 5.19. The van der Waals surface area contributed by atoms with Gasteiger partial charge in [-0.1, -0.05) is 25.0 Å². The van der Waals surface area contributed by atoms with E-state index < -0.39 is 5.41 Å². The van der Waals surface area contributed by atoms with Gasteiger partial charge in [-0.25, -0.2) is 9.18 Å². The molecule has 0 saturated heterocycles. The van der Waals surface area contributed by atoms with Gasteiger partial charge in [0, 0.05) is 11.4 Å². The molecule has 0 radical (unpaired) electrons. The van der Waals surface area contributed by atoms with Crippen LogP contribution in [0.3, 0.4) is 0 Å². The lowest BCUT2D eigenvalue weighted by Crippen LogP contribution is -2.38. The quantitative estimate of drug-likeness (QED) is 0.512. The van der Waals surface area contributed by atoms with Crippen molar-refractivity contribution in [3.63, 3.8) is 0 Å². The SMILES string of the molecule is O=C(NCc1ccco1)Nc1ccc(NC(=O)C2(c3cccc(F)c3)CCCC2)cc1. The van der Waals surface area contributed by atoms with Gasteiger partial charge < -0.3 is 20.4 Å². The van der Waals surface area contributed by atoms with Crippen molar-refractivity contribution in [2.75, 3.05) is 10.6 Å². The molecule has 1 fully saturated rings. The maximum atomic E-state index is 13.8. The third-order valence-corrected chi connectivity index (χ3v) is 5.67. The van der Waals surface area contributed by atoms with Crippen LogP contribution < -0.4 is 16.0 Å². The number of benzene rings is 2. The summed E-state index contributed by atoms with van der Waals surface area (Å²) < 4.78 is 19.0. The third kappa shape index (κ3) is 4.77. The highest BCUT2D eigenvalue weighted by Gasteiger charge is 2.42. The summed E-state index contributed by atoms with van der Waals surface area (Å²) in [6, 6.07) is 16.4. The summed E-state index contributed by atoms with van der Waals surface area (Å²) in [5.74, 6) is 0.192. The Morgan fingerprint density at radius 3 is 2.29 bits per heavy atom. The molecule has 31 heavy (non-hydrogen) atoms. The molecule has 0 spiro atoms. The average Bonchev–Trinajstić information content (AvgIpc) is 3.47. The number of hydrogen-bond acceptors (Lipinski definition) is 3. The van der Waals surface area contributed by atoms with E-state index in [1.54, 1.807) is 48.7 Å². The Morgan fingerprint density at radius 1 is 0.935 bits per heavy atom. The summed E-state index contributed by atoms with van der Waals surface area (Å²) in [6.45, 7) is 0.287. The monoisotopic (exact) mass is 421 g/mol. The number of rotatable bonds is 6. The van der Waals surface area contributed by atoms with Gasteiger partial charge in [0.15, 0.2) is 0 Å². The van der Waals surface area contributed by atoms with E-state index in [9.17, 15) is 14.0 Å². The summed E-state index contributed by atoms with van der Waals surface area (Å²) >= 11 is 0. The molecule has 6 nitrogen and oxygen atoms in total. The van der Waals surface area contributed by atoms with Crippen LogP contribution in [-0.4, -0.2) is 11.9 Å². The Kier molecular flexibility index (Phi) is 6.02. The second-order valence-corrected chi connectivity index (χ2v) is 7.72. The topological polar surface area (TPSA) is 83.4 Å². The molecule has 3 N–H and O–H groups in total. The molecule has 1 saturated carbocycles. The molecule has 0 unspecified atom stereocenters. The van der Waals surface area contributed by atoms with Gasteiger partial charge in [0.1, 0.15) is 11.6 Å². The van der Waals surface area contributed by atoms with Gasteiger partial charge in [-0.3, -0.25) is 4.79 Å². The second kappa shape index (κ2) is 9.04. The lowest BCUT2D eigenvalue weighted by atomic mass is 9.78. The van der Waals surface area contributed by atoms with Crippen molar-refractivity contribution >= 4 is 23.3 Å². The lowest BCUT2D eigenvalue weighted by Gasteiger charge is -2.28. The molecule has 0 bridgehead atoms. The summed E-state index contributed by atoms with van der Waals surface area (Å²) in [6.07, 6.45) is 4.79. The van der Waals surface area contributed by atoms with E-state index in [-0.39, 0.29) is 24.3 Å². The van der Waals surface area contributed by atoms with Gasteiger partial charge in [0.05, 0.1) is 18.2 Å². The van der Waals surface area contributed by atoms with Crippen molar-refractivity contribution in [3.05, 3.63) is 84.1 Å². The minimum atomic E-state index is -0.718. The molecule has 2 aromatic carbocycles. The predicted molar refractivity (Wildman–Crippen MR) is 116 cm³/mol. The summed E-state index contributed by atoms with van der Waals surface area (Å²) in [5.41, 5.74) is 1.21. The smallest absolute Gasteiger partial charge is 0.319 e. The Balaban J connectivity index is 1.38. The molecule has 1 aromatic heterocycles. The molecule has 1 aliphatic carbocycles. The summed E-state index contributed by atoms with van der Waals surface area (Å²) in [7, 11) is 0. The van der Waals surface area contributed by atoms with Gasteiger partial charge in [0.25, 0.3) is 0 Å². The summed E-state index contributed by atoms with van der Waals surface area (Å²) in [5, 5.41) is 8.40. The third-order valence-electron chi connectivity index (χ3n) is 5.67. The molecule has 4 rings (SSSR count). The molecule has 1 heterocycles. The first-order valence-corrected chi connectivity index (χ1v) is 10.3. The molecular formula is C24H24FN3O3. The van der Waals surface area contributed by atoms with Crippen LogP contribution in [0.2, 0.25) is 0 Å². The zero-order chi connectivity index (χ0) is 21.7. The Hall–Kier alpha value is -3.61. The number of nitrogens with one attached hydrogen (secondary N) is 3. The number of hydrogen-bond donors (Lipinski definition) is 3. The Morgan fingerprint density at radius 2 is 1.65 bits per heavy atom. The van der Waals surface area contributed by atoms with Gasteiger partial charge >= 0.3 is 6.03 Å². The molecular weight excluding hydrogens is 397 g/mol. The van der Waals surface area contributed by atoms with Gasteiger partial charge in [-0.05, 0) is 66.9 Å². The van der Waals surface area contributed by atoms with E-state index in [1.807, 2.05) is 6.07 Å². The van der Waals surface area contributed by atoms with Crippen molar-refractivity contribution in [2.24, 2.45) is 0 Å². The number of furan rings is 1. The number of anilines is 2. The van der Waals surface area contributed by atoms with E-state index >= 15 is 0 Å². The van der Waals surface area contributed by atoms with Crippen LogP contribution in [-0.2, 0) is 16.8 Å². The number of amides is 3.